The standard InChI is InChI=1S/C20H24O2/c1-19(2)13-20(3,14-6-8-15(21-4)9-7-14)17-11-10-16(22-5)12-18(17)19/h6-12H,13H2,1-5H3/t20-/m0/s1. The van der Waals surface area contributed by atoms with Crippen LogP contribution >= 0.6 is 0 Å². The van der Waals surface area contributed by atoms with Gasteiger partial charge in [0.15, 0.2) is 0 Å². The van der Waals surface area contributed by atoms with E-state index in [-0.39, 0.29) is 10.8 Å². The number of fused-ring (bicyclic) bond motifs is 1. The molecule has 1 aliphatic rings. The minimum absolute atomic E-state index is 0.0252. The largest absolute Gasteiger partial charge is 0.497 e. The normalized spacial score (nSPS) is 22.2. The second kappa shape index (κ2) is 5.05. The van der Waals surface area contributed by atoms with Crippen molar-refractivity contribution < 1.29 is 9.47 Å². The Morgan fingerprint density at radius 3 is 1.95 bits per heavy atom. The first kappa shape index (κ1) is 15.0. The van der Waals surface area contributed by atoms with E-state index in [2.05, 4.69) is 63.2 Å². The van der Waals surface area contributed by atoms with Gasteiger partial charge in [-0.15, -0.1) is 0 Å². The third-order valence-corrected chi connectivity index (χ3v) is 5.07. The quantitative estimate of drug-likeness (QED) is 0.818. The molecule has 2 aromatic rings. The SMILES string of the molecule is COc1ccc([C@]2(C)CC(C)(C)c3cc(OC)ccc32)cc1. The van der Waals surface area contributed by atoms with Crippen LogP contribution < -0.4 is 9.47 Å². The van der Waals surface area contributed by atoms with E-state index in [1.165, 1.54) is 16.7 Å². The molecule has 0 N–H and O–H groups in total. The Kier molecular flexibility index (Phi) is 3.43. The van der Waals surface area contributed by atoms with Crippen molar-refractivity contribution in [1.82, 2.24) is 0 Å². The fourth-order valence-electron chi connectivity index (χ4n) is 3.98. The Balaban J connectivity index is 2.13. The zero-order valence-electron chi connectivity index (χ0n) is 14.1. The maximum Gasteiger partial charge on any atom is 0.119 e. The lowest BCUT2D eigenvalue weighted by molar-refractivity contribution is 0.408. The first-order valence-corrected chi connectivity index (χ1v) is 7.74. The van der Waals surface area contributed by atoms with Crippen LogP contribution in [0.25, 0.3) is 0 Å². The average molecular weight is 296 g/mol. The molecule has 0 aromatic heterocycles. The summed E-state index contributed by atoms with van der Waals surface area (Å²) in [7, 11) is 3.43. The van der Waals surface area contributed by atoms with Crippen molar-refractivity contribution in [2.75, 3.05) is 14.2 Å². The molecule has 0 heterocycles. The third-order valence-electron chi connectivity index (χ3n) is 5.07. The zero-order chi connectivity index (χ0) is 16.0. The van der Waals surface area contributed by atoms with Gasteiger partial charge < -0.3 is 9.47 Å². The number of hydrogen-bond acceptors (Lipinski definition) is 2. The second-order valence-electron chi connectivity index (χ2n) is 7.03. The van der Waals surface area contributed by atoms with E-state index in [9.17, 15) is 0 Å². The van der Waals surface area contributed by atoms with Gasteiger partial charge in [-0.05, 0) is 52.8 Å². The van der Waals surface area contributed by atoms with Crippen molar-refractivity contribution in [2.45, 2.75) is 38.0 Å². The minimum Gasteiger partial charge on any atom is -0.497 e. The van der Waals surface area contributed by atoms with Gasteiger partial charge >= 0.3 is 0 Å². The van der Waals surface area contributed by atoms with Crippen LogP contribution in [0.15, 0.2) is 42.5 Å². The van der Waals surface area contributed by atoms with Gasteiger partial charge in [-0.2, -0.15) is 0 Å². The Morgan fingerprint density at radius 2 is 1.36 bits per heavy atom. The van der Waals surface area contributed by atoms with Crippen LogP contribution in [0.5, 0.6) is 11.5 Å². The molecule has 0 amide bonds. The zero-order valence-corrected chi connectivity index (χ0v) is 14.1. The topological polar surface area (TPSA) is 18.5 Å². The van der Waals surface area contributed by atoms with Crippen LogP contribution in [0, 0.1) is 0 Å². The van der Waals surface area contributed by atoms with Crippen LogP contribution in [0.1, 0.15) is 43.9 Å². The molecule has 0 bridgehead atoms. The summed E-state index contributed by atoms with van der Waals surface area (Å²) < 4.78 is 10.7. The number of ether oxygens (including phenoxy) is 2. The van der Waals surface area contributed by atoms with Gasteiger partial charge in [0.05, 0.1) is 14.2 Å². The summed E-state index contributed by atoms with van der Waals surface area (Å²) in [4.78, 5) is 0. The van der Waals surface area contributed by atoms with Gasteiger partial charge in [0.1, 0.15) is 11.5 Å². The van der Waals surface area contributed by atoms with Crippen molar-refractivity contribution in [1.29, 1.82) is 0 Å². The summed E-state index contributed by atoms with van der Waals surface area (Å²) in [6, 6.07) is 15.0. The molecular weight excluding hydrogens is 272 g/mol. The van der Waals surface area contributed by atoms with Gasteiger partial charge in [0.25, 0.3) is 0 Å². The molecule has 2 nitrogen and oxygen atoms in total. The lowest BCUT2D eigenvalue weighted by Crippen LogP contribution is -2.23. The van der Waals surface area contributed by atoms with Crippen LogP contribution in [0.4, 0.5) is 0 Å². The van der Waals surface area contributed by atoms with E-state index in [4.69, 9.17) is 9.47 Å². The fourth-order valence-corrected chi connectivity index (χ4v) is 3.98. The van der Waals surface area contributed by atoms with Crippen LogP contribution in [-0.4, -0.2) is 14.2 Å². The van der Waals surface area contributed by atoms with Gasteiger partial charge in [-0.1, -0.05) is 39.0 Å². The monoisotopic (exact) mass is 296 g/mol. The van der Waals surface area contributed by atoms with Crippen LogP contribution in [0.3, 0.4) is 0 Å². The Morgan fingerprint density at radius 1 is 0.773 bits per heavy atom. The van der Waals surface area contributed by atoms with Crippen molar-refractivity contribution in [3.05, 3.63) is 59.2 Å². The summed E-state index contributed by atoms with van der Waals surface area (Å²) in [5.41, 5.74) is 4.30. The number of hydrogen-bond donors (Lipinski definition) is 0. The van der Waals surface area contributed by atoms with Gasteiger partial charge in [-0.25, -0.2) is 0 Å². The molecule has 2 heteroatoms. The van der Waals surface area contributed by atoms with Crippen LogP contribution in [0.2, 0.25) is 0 Å². The molecule has 0 unspecified atom stereocenters. The van der Waals surface area contributed by atoms with E-state index in [1.807, 2.05) is 0 Å². The minimum atomic E-state index is 0.0252. The summed E-state index contributed by atoms with van der Waals surface area (Å²) in [6.07, 6.45) is 1.09. The van der Waals surface area contributed by atoms with E-state index in [0.717, 1.165) is 17.9 Å². The predicted octanol–water partition coefficient (Wildman–Crippen LogP) is 4.69. The maximum absolute atomic E-state index is 5.42. The average Bonchev–Trinajstić information content (AvgIpc) is 2.74. The Labute approximate surface area is 133 Å². The summed E-state index contributed by atoms with van der Waals surface area (Å²) in [5.74, 6) is 1.84. The molecule has 3 rings (SSSR count). The van der Waals surface area contributed by atoms with E-state index in [1.54, 1.807) is 14.2 Å². The van der Waals surface area contributed by atoms with Gasteiger partial charge in [0.2, 0.25) is 0 Å². The lowest BCUT2D eigenvalue weighted by atomic mass is 9.75. The molecule has 22 heavy (non-hydrogen) atoms. The Bertz CT molecular complexity index is 685. The van der Waals surface area contributed by atoms with E-state index < -0.39 is 0 Å². The van der Waals surface area contributed by atoms with Gasteiger partial charge in [-0.3, -0.25) is 0 Å². The highest BCUT2D eigenvalue weighted by Gasteiger charge is 2.45. The molecule has 0 spiro atoms. The second-order valence-corrected chi connectivity index (χ2v) is 7.03. The van der Waals surface area contributed by atoms with Crippen molar-refractivity contribution in [2.24, 2.45) is 0 Å². The molecule has 1 aliphatic carbocycles. The highest BCUT2D eigenvalue weighted by Crippen LogP contribution is 2.53. The molecule has 0 fully saturated rings. The van der Waals surface area contributed by atoms with Crippen molar-refractivity contribution >= 4 is 0 Å². The maximum atomic E-state index is 5.42. The summed E-state index contributed by atoms with van der Waals surface area (Å²) in [6.45, 7) is 6.98. The highest BCUT2D eigenvalue weighted by atomic mass is 16.5. The molecule has 0 saturated heterocycles. The molecule has 116 valence electrons. The molecule has 1 atom stereocenters. The molecule has 2 aromatic carbocycles. The third kappa shape index (κ3) is 2.18. The lowest BCUT2D eigenvalue weighted by Gasteiger charge is -2.28. The molecule has 0 radical (unpaired) electrons. The number of rotatable bonds is 3. The van der Waals surface area contributed by atoms with Crippen molar-refractivity contribution in [3.8, 4) is 11.5 Å². The number of methoxy groups -OCH3 is 2. The summed E-state index contributed by atoms with van der Waals surface area (Å²) >= 11 is 0. The smallest absolute Gasteiger partial charge is 0.119 e. The first-order chi connectivity index (χ1) is 10.4. The first-order valence-electron chi connectivity index (χ1n) is 7.74. The van der Waals surface area contributed by atoms with E-state index in [0.29, 0.717) is 0 Å². The van der Waals surface area contributed by atoms with E-state index >= 15 is 0 Å². The van der Waals surface area contributed by atoms with Crippen molar-refractivity contribution in [3.63, 3.8) is 0 Å². The molecular formula is C20H24O2. The Hall–Kier alpha value is -1.96. The predicted molar refractivity (Wildman–Crippen MR) is 90.1 cm³/mol. The number of benzene rings is 2. The molecule has 0 aliphatic heterocycles. The highest BCUT2D eigenvalue weighted by molar-refractivity contribution is 5.54. The van der Waals surface area contributed by atoms with Crippen LogP contribution in [-0.2, 0) is 10.8 Å². The fraction of sp³-hybridized carbons (Fsp3) is 0.400. The molecule has 0 saturated carbocycles. The summed E-state index contributed by atoms with van der Waals surface area (Å²) in [5, 5.41) is 0. The van der Waals surface area contributed by atoms with Gasteiger partial charge in [0, 0.05) is 5.41 Å².